The fourth-order valence-corrected chi connectivity index (χ4v) is 12.9. The fraction of sp³-hybridized carbons (Fsp3) is 0.542. The van der Waals surface area contributed by atoms with Crippen LogP contribution in [0.15, 0.2) is 120 Å². The van der Waals surface area contributed by atoms with Crippen molar-refractivity contribution in [3.8, 4) is 5.75 Å². The third kappa shape index (κ3) is 5.30. The first kappa shape index (κ1) is 32.9. The van der Waals surface area contributed by atoms with Gasteiger partial charge in [0.1, 0.15) is 5.76 Å². The van der Waals surface area contributed by atoms with Gasteiger partial charge >= 0.3 is 0 Å². The molecule has 0 amide bonds. The van der Waals surface area contributed by atoms with Crippen LogP contribution in [-0.4, -0.2) is 37.0 Å². The number of benzene rings is 1. The van der Waals surface area contributed by atoms with Gasteiger partial charge in [0.15, 0.2) is 5.75 Å². The van der Waals surface area contributed by atoms with Crippen molar-refractivity contribution in [3.63, 3.8) is 0 Å². The van der Waals surface area contributed by atoms with Crippen LogP contribution in [0.1, 0.15) is 83.5 Å². The molecule has 5 nitrogen and oxygen atoms in total. The Bertz CT molecular complexity index is 1860. The Morgan fingerprint density at radius 1 is 0.755 bits per heavy atom. The Morgan fingerprint density at radius 2 is 1.64 bits per heavy atom. The van der Waals surface area contributed by atoms with Gasteiger partial charge in [-0.15, -0.1) is 0 Å². The van der Waals surface area contributed by atoms with E-state index in [-0.39, 0.29) is 23.7 Å². The van der Waals surface area contributed by atoms with Crippen LogP contribution in [0.5, 0.6) is 5.75 Å². The van der Waals surface area contributed by atoms with E-state index in [2.05, 4.69) is 107 Å². The van der Waals surface area contributed by atoms with E-state index < -0.39 is 0 Å². The molecule has 2 saturated heterocycles. The number of nitrogens with zero attached hydrogens (tertiary/aromatic N) is 1. The van der Waals surface area contributed by atoms with Gasteiger partial charge < -0.3 is 24.4 Å². The molecule has 1 aromatic rings. The first-order valence-electron chi connectivity index (χ1n) is 21.4. The van der Waals surface area contributed by atoms with Gasteiger partial charge in [-0.3, -0.25) is 0 Å². The smallest absolute Gasteiger partial charge is 0.150 e. The molecule has 6 aliphatic carbocycles. The molecule has 1 N–H and O–H groups in total. The van der Waals surface area contributed by atoms with Gasteiger partial charge in [0.25, 0.3) is 0 Å². The zero-order valence-electron chi connectivity index (χ0n) is 31.2. The zero-order valence-corrected chi connectivity index (χ0v) is 31.2. The number of nitrogens with one attached hydrogen (secondary N) is 1. The van der Waals surface area contributed by atoms with E-state index in [0.29, 0.717) is 47.7 Å². The van der Waals surface area contributed by atoms with Gasteiger partial charge in [0.05, 0.1) is 41.8 Å². The number of para-hydroxylation sites is 2. The Morgan fingerprint density at radius 3 is 2.55 bits per heavy atom. The third-order valence-corrected chi connectivity index (χ3v) is 15.0. The summed E-state index contributed by atoms with van der Waals surface area (Å²) in [5.41, 5.74) is 5.58. The molecule has 12 atom stereocenters. The average molecular weight is 709 g/mol. The molecule has 1 saturated carbocycles. The van der Waals surface area contributed by atoms with Gasteiger partial charge in [-0.2, -0.15) is 0 Å². The summed E-state index contributed by atoms with van der Waals surface area (Å²) in [7, 11) is 0. The van der Waals surface area contributed by atoms with E-state index in [1.54, 1.807) is 5.57 Å². The van der Waals surface area contributed by atoms with Crippen molar-refractivity contribution in [1.29, 1.82) is 0 Å². The van der Waals surface area contributed by atoms with Gasteiger partial charge in [-0.25, -0.2) is 0 Å². The van der Waals surface area contributed by atoms with Gasteiger partial charge in [-0.05, 0) is 106 Å². The van der Waals surface area contributed by atoms with E-state index in [0.717, 1.165) is 50.2 Å². The number of ether oxygens (including phenoxy) is 3. The molecule has 53 heavy (non-hydrogen) atoms. The summed E-state index contributed by atoms with van der Waals surface area (Å²) >= 11 is 0. The second-order valence-electron chi connectivity index (χ2n) is 17.7. The molecule has 0 radical (unpaired) electrons. The van der Waals surface area contributed by atoms with Crippen molar-refractivity contribution in [3.05, 3.63) is 120 Å². The lowest BCUT2D eigenvalue weighted by Gasteiger charge is -2.66. The molecule has 12 unspecified atom stereocenters. The third-order valence-electron chi connectivity index (χ3n) is 15.0. The molecule has 3 fully saturated rings. The molecule has 4 aliphatic heterocycles. The molecule has 1 spiro atoms. The predicted octanol–water partition coefficient (Wildman–Crippen LogP) is 10.0. The van der Waals surface area contributed by atoms with Crippen LogP contribution in [0.4, 0.5) is 5.69 Å². The van der Waals surface area contributed by atoms with Gasteiger partial charge in [0.2, 0.25) is 0 Å². The van der Waals surface area contributed by atoms with Crippen molar-refractivity contribution < 1.29 is 14.2 Å². The Hall–Kier alpha value is -3.54. The average Bonchev–Trinajstić information content (AvgIpc) is 3.22. The van der Waals surface area contributed by atoms with E-state index >= 15 is 0 Å². The molecule has 11 rings (SSSR count). The zero-order chi connectivity index (χ0) is 34.9. The van der Waals surface area contributed by atoms with Crippen molar-refractivity contribution in [2.24, 2.45) is 40.9 Å². The maximum Gasteiger partial charge on any atom is 0.150 e. The van der Waals surface area contributed by atoms with Crippen LogP contribution in [0.2, 0.25) is 0 Å². The number of rotatable bonds is 3. The van der Waals surface area contributed by atoms with Crippen molar-refractivity contribution >= 4 is 5.69 Å². The molecule has 5 heteroatoms. The summed E-state index contributed by atoms with van der Waals surface area (Å²) in [6.07, 6.45) is 45.9. The largest absolute Gasteiger partial charge is 0.457 e. The number of allylic oxidation sites excluding steroid dienone is 9. The quantitative estimate of drug-likeness (QED) is 0.317. The van der Waals surface area contributed by atoms with Crippen LogP contribution in [-0.2, 0) is 9.47 Å². The minimum Gasteiger partial charge on any atom is -0.457 e. The summed E-state index contributed by atoms with van der Waals surface area (Å²) in [6.45, 7) is 1.10. The van der Waals surface area contributed by atoms with Crippen LogP contribution in [0, 0.1) is 40.9 Å². The highest BCUT2D eigenvalue weighted by Crippen LogP contribution is 2.67. The van der Waals surface area contributed by atoms with Crippen LogP contribution >= 0.6 is 0 Å². The summed E-state index contributed by atoms with van der Waals surface area (Å²) in [4.78, 5) is 2.52. The molecule has 4 heterocycles. The lowest BCUT2D eigenvalue weighted by Crippen LogP contribution is -2.66. The van der Waals surface area contributed by atoms with Crippen LogP contribution in [0.25, 0.3) is 0 Å². The number of anilines is 1. The Labute approximate surface area is 316 Å². The second-order valence-corrected chi connectivity index (χ2v) is 17.7. The number of hydrogen-bond acceptors (Lipinski definition) is 5. The number of fused-ring (bicyclic) bond motifs is 9. The fourth-order valence-electron chi connectivity index (χ4n) is 12.9. The maximum absolute atomic E-state index is 7.37. The Balaban J connectivity index is 0.937. The highest BCUT2D eigenvalue weighted by molar-refractivity contribution is 5.69. The van der Waals surface area contributed by atoms with E-state index in [9.17, 15) is 0 Å². The van der Waals surface area contributed by atoms with Crippen molar-refractivity contribution in [2.45, 2.75) is 114 Å². The SMILES string of the molecule is C1=CCC(N2C3=C(CC(C4C=CC5C(C4)OC4CCCC=C4C54C5C=CC(C6=CCCCN6)CC5OC5CCCCC54)C=C3)Oc3ccccc32)C=C1. The molecule has 1 aromatic carbocycles. The highest BCUT2D eigenvalue weighted by atomic mass is 16.5. The topological polar surface area (TPSA) is 43.0 Å². The minimum atomic E-state index is 0.0794. The molecule has 10 aliphatic rings. The molecular weight excluding hydrogens is 653 g/mol. The summed E-state index contributed by atoms with van der Waals surface area (Å²) in [5, 5.41) is 3.77. The van der Waals surface area contributed by atoms with Crippen molar-refractivity contribution in [2.75, 3.05) is 11.4 Å². The van der Waals surface area contributed by atoms with E-state index in [1.807, 2.05) is 0 Å². The monoisotopic (exact) mass is 708 g/mol. The summed E-state index contributed by atoms with van der Waals surface area (Å²) in [6, 6.07) is 8.88. The minimum absolute atomic E-state index is 0.0794. The first-order valence-corrected chi connectivity index (χ1v) is 21.4. The second kappa shape index (κ2) is 13.3. The maximum atomic E-state index is 7.37. The Kier molecular flexibility index (Phi) is 8.27. The van der Waals surface area contributed by atoms with Crippen LogP contribution < -0.4 is 15.0 Å². The van der Waals surface area contributed by atoms with Gasteiger partial charge in [-0.1, -0.05) is 91.8 Å². The molecule has 276 valence electrons. The van der Waals surface area contributed by atoms with E-state index in [4.69, 9.17) is 14.2 Å². The molecule has 0 aromatic heterocycles. The van der Waals surface area contributed by atoms with Crippen molar-refractivity contribution in [1.82, 2.24) is 5.32 Å². The summed E-state index contributed by atoms with van der Waals surface area (Å²) in [5.74, 6) is 4.70. The lowest BCUT2D eigenvalue weighted by molar-refractivity contribution is -0.232. The standard InChI is InChI=1S/C48H56N2O3/c1-2-12-34(13-3-1)50-40-17-6-9-20-44(40)53-47-29-32(23-26-41(47)50)31-21-24-37-45(28-31)51-42-18-7-4-14-35(42)48(37)36-15-5-8-19-43(36)52-46-30-33(22-25-38(46)48)39-16-10-11-27-49-39/h1-3,6,9,12,14,16-17,20-26,31-34,36-38,42-43,45-46,49H,4-5,7-8,10-11,13,15,18-19,27-30H2. The first-order chi connectivity index (χ1) is 26.3. The van der Waals surface area contributed by atoms with Gasteiger partial charge in [0, 0.05) is 41.8 Å². The predicted molar refractivity (Wildman–Crippen MR) is 211 cm³/mol. The number of hydrogen-bond donors (Lipinski definition) is 1. The highest BCUT2D eigenvalue weighted by Gasteiger charge is 2.66. The molecule has 0 bridgehead atoms. The normalized spacial score (nSPS) is 42.2. The van der Waals surface area contributed by atoms with Crippen LogP contribution in [0.3, 0.4) is 0 Å². The summed E-state index contributed by atoms with van der Waals surface area (Å²) < 4.78 is 21.5. The molecular formula is C48H56N2O3. The van der Waals surface area contributed by atoms with E-state index in [1.165, 1.54) is 68.4 Å². The lowest BCUT2D eigenvalue weighted by atomic mass is 9.45.